The van der Waals surface area contributed by atoms with E-state index in [0.29, 0.717) is 23.7 Å². The second-order valence-corrected chi connectivity index (χ2v) is 10.8. The molecular weight excluding hydrogens is 424 g/mol. The zero-order valence-corrected chi connectivity index (χ0v) is 16.7. The lowest BCUT2D eigenvalue weighted by Crippen LogP contribution is -2.49. The van der Waals surface area contributed by atoms with Crippen LogP contribution in [0.3, 0.4) is 0 Å². The lowest BCUT2D eigenvalue weighted by Gasteiger charge is -2.46. The predicted molar refractivity (Wildman–Crippen MR) is 106 cm³/mol. The molecule has 0 N–H and O–H groups in total. The second kappa shape index (κ2) is 4.57. The van der Waals surface area contributed by atoms with Crippen LogP contribution >= 0.6 is 31.9 Å². The monoisotopic (exact) mass is 442 g/mol. The van der Waals surface area contributed by atoms with E-state index in [4.69, 9.17) is 0 Å². The van der Waals surface area contributed by atoms with Crippen molar-refractivity contribution in [2.75, 3.05) is 0 Å². The Bertz CT molecular complexity index is 721. The van der Waals surface area contributed by atoms with Gasteiger partial charge in [-0.05, 0) is 47.9 Å². The van der Waals surface area contributed by atoms with Gasteiger partial charge in [0, 0.05) is 23.7 Å². The Kier molecular flexibility index (Phi) is 2.77. The highest BCUT2D eigenvalue weighted by molar-refractivity contribution is 9.13. The minimum Gasteiger partial charge on any atom is -0.0824 e. The van der Waals surface area contributed by atoms with Crippen molar-refractivity contribution in [1.29, 1.82) is 0 Å². The number of hydrogen-bond acceptors (Lipinski definition) is 0. The van der Waals surface area contributed by atoms with E-state index in [2.05, 4.69) is 80.4 Å². The first-order chi connectivity index (χ1) is 11.7. The molecule has 0 aromatic heterocycles. The minimum absolute atomic E-state index is 0.161. The molecule has 4 aliphatic carbocycles. The van der Waals surface area contributed by atoms with E-state index in [1.54, 1.807) is 22.3 Å². The van der Waals surface area contributed by atoms with Crippen molar-refractivity contribution in [2.24, 2.45) is 0 Å². The van der Waals surface area contributed by atoms with E-state index in [1.165, 1.54) is 25.7 Å². The summed E-state index contributed by atoms with van der Waals surface area (Å²) in [5.41, 5.74) is 6.44. The molecule has 2 aromatic rings. The highest BCUT2D eigenvalue weighted by Gasteiger charge is 2.72. The molecule has 0 radical (unpaired) electrons. The van der Waals surface area contributed by atoms with Crippen molar-refractivity contribution in [3.63, 3.8) is 0 Å². The molecule has 0 saturated heterocycles. The standard InChI is InChI=1S/C22H20Br2/c23-21(17-9-10-18(21)14-6-2-1-5-13(14)17)22(24)19-11-12-20(22)16-8-4-3-7-15(16)19/h1-8,17-20H,9-12H2/t17-,18+,19-,20+,21?,22?. The SMILES string of the molecule is BrC1(C2(Br)[C@@H]3CC[C@H]2c2ccccc23)[C@@H]2CC[C@H]1c1ccccc12. The van der Waals surface area contributed by atoms with Crippen LogP contribution in [0.2, 0.25) is 0 Å². The molecule has 4 bridgehead atoms. The molecule has 2 fully saturated rings. The van der Waals surface area contributed by atoms with Crippen LogP contribution < -0.4 is 0 Å². The first-order valence-electron chi connectivity index (χ1n) is 9.23. The summed E-state index contributed by atoms with van der Waals surface area (Å²) in [5, 5.41) is 0. The summed E-state index contributed by atoms with van der Waals surface area (Å²) in [4.78, 5) is 0. The molecule has 24 heavy (non-hydrogen) atoms. The van der Waals surface area contributed by atoms with E-state index in [0.717, 1.165) is 0 Å². The van der Waals surface area contributed by atoms with Gasteiger partial charge < -0.3 is 0 Å². The lowest BCUT2D eigenvalue weighted by molar-refractivity contribution is 0.378. The number of halogens is 2. The van der Waals surface area contributed by atoms with Crippen molar-refractivity contribution >= 4 is 31.9 Å². The van der Waals surface area contributed by atoms with Gasteiger partial charge in [0.25, 0.3) is 0 Å². The van der Waals surface area contributed by atoms with Crippen LogP contribution in [-0.4, -0.2) is 8.65 Å². The van der Waals surface area contributed by atoms with Crippen molar-refractivity contribution in [3.8, 4) is 0 Å². The molecule has 2 unspecified atom stereocenters. The maximum absolute atomic E-state index is 4.44. The third-order valence-electron chi connectivity index (χ3n) is 7.60. The molecule has 2 heteroatoms. The minimum atomic E-state index is 0.161. The first kappa shape index (κ1) is 14.6. The number of rotatable bonds is 1. The van der Waals surface area contributed by atoms with Crippen molar-refractivity contribution in [2.45, 2.75) is 58.0 Å². The molecule has 0 nitrogen and oxygen atoms in total. The summed E-state index contributed by atoms with van der Waals surface area (Å²) < 4.78 is 0.322. The van der Waals surface area contributed by atoms with Gasteiger partial charge >= 0.3 is 0 Å². The van der Waals surface area contributed by atoms with Crippen LogP contribution in [0.1, 0.15) is 71.6 Å². The fraction of sp³-hybridized carbons (Fsp3) is 0.455. The molecule has 4 aliphatic rings. The van der Waals surface area contributed by atoms with E-state index in [9.17, 15) is 0 Å². The third kappa shape index (κ3) is 1.38. The van der Waals surface area contributed by atoms with Gasteiger partial charge in [0.1, 0.15) is 0 Å². The summed E-state index contributed by atoms with van der Waals surface area (Å²) in [6.07, 6.45) is 5.32. The average Bonchev–Trinajstić information content (AvgIpc) is 3.30. The second-order valence-electron chi connectivity index (χ2n) is 8.16. The van der Waals surface area contributed by atoms with Crippen LogP contribution in [0.15, 0.2) is 48.5 Å². The number of benzene rings is 2. The Hall–Kier alpha value is -0.600. The highest BCUT2D eigenvalue weighted by atomic mass is 79.9. The van der Waals surface area contributed by atoms with Crippen molar-refractivity contribution in [3.05, 3.63) is 70.8 Å². The Morgan fingerprint density at radius 3 is 1.04 bits per heavy atom. The largest absolute Gasteiger partial charge is 0.0824 e. The van der Waals surface area contributed by atoms with Gasteiger partial charge in [0.2, 0.25) is 0 Å². The summed E-state index contributed by atoms with van der Waals surface area (Å²) in [7, 11) is 0. The van der Waals surface area contributed by atoms with Gasteiger partial charge in [-0.1, -0.05) is 80.4 Å². The highest BCUT2D eigenvalue weighted by Crippen LogP contribution is 2.78. The van der Waals surface area contributed by atoms with Gasteiger partial charge in [-0.25, -0.2) is 0 Å². The molecule has 0 heterocycles. The molecule has 2 aromatic carbocycles. The molecular formula is C22H20Br2. The van der Waals surface area contributed by atoms with Gasteiger partial charge in [-0.2, -0.15) is 0 Å². The summed E-state index contributed by atoms with van der Waals surface area (Å²) >= 11 is 8.87. The zero-order valence-electron chi connectivity index (χ0n) is 13.5. The quantitative estimate of drug-likeness (QED) is 0.435. The van der Waals surface area contributed by atoms with Gasteiger partial charge in [0.05, 0.1) is 8.65 Å². The maximum atomic E-state index is 4.44. The fourth-order valence-electron chi connectivity index (χ4n) is 6.88. The molecule has 0 amide bonds. The van der Waals surface area contributed by atoms with Crippen LogP contribution in [0.25, 0.3) is 0 Å². The molecule has 2 saturated carbocycles. The molecule has 0 aliphatic heterocycles. The Balaban J connectivity index is 1.57. The van der Waals surface area contributed by atoms with Crippen molar-refractivity contribution in [1.82, 2.24) is 0 Å². The molecule has 6 atom stereocenters. The van der Waals surface area contributed by atoms with Gasteiger partial charge in [0.15, 0.2) is 0 Å². The number of hydrogen-bond donors (Lipinski definition) is 0. The number of fused-ring (bicyclic) bond motifs is 11. The molecule has 122 valence electrons. The average molecular weight is 444 g/mol. The predicted octanol–water partition coefficient (Wildman–Crippen LogP) is 6.60. The van der Waals surface area contributed by atoms with Crippen LogP contribution in [0, 0.1) is 0 Å². The molecule has 0 spiro atoms. The maximum Gasteiger partial charge on any atom is 0.0559 e. The normalized spacial score (nSPS) is 43.9. The Morgan fingerprint density at radius 1 is 0.542 bits per heavy atom. The molecule has 6 rings (SSSR count). The van der Waals surface area contributed by atoms with E-state index in [-0.39, 0.29) is 8.65 Å². The van der Waals surface area contributed by atoms with E-state index >= 15 is 0 Å². The van der Waals surface area contributed by atoms with Gasteiger partial charge in [-0.3, -0.25) is 0 Å². The van der Waals surface area contributed by atoms with Crippen LogP contribution in [0.4, 0.5) is 0 Å². The smallest absolute Gasteiger partial charge is 0.0559 e. The van der Waals surface area contributed by atoms with E-state index in [1.807, 2.05) is 0 Å². The summed E-state index contributed by atoms with van der Waals surface area (Å²) in [6, 6.07) is 18.4. The number of alkyl halides is 2. The van der Waals surface area contributed by atoms with Gasteiger partial charge in [-0.15, -0.1) is 0 Å². The van der Waals surface area contributed by atoms with E-state index < -0.39 is 0 Å². The summed E-state index contributed by atoms with van der Waals surface area (Å²) in [6.45, 7) is 0. The first-order valence-corrected chi connectivity index (χ1v) is 10.8. The lowest BCUT2D eigenvalue weighted by atomic mass is 9.75. The Labute approximate surface area is 160 Å². The third-order valence-corrected chi connectivity index (χ3v) is 11.7. The topological polar surface area (TPSA) is 0 Å². The Morgan fingerprint density at radius 2 is 0.792 bits per heavy atom. The van der Waals surface area contributed by atoms with Crippen molar-refractivity contribution < 1.29 is 0 Å². The zero-order chi connectivity index (χ0) is 16.1. The summed E-state index contributed by atoms with van der Waals surface area (Å²) in [5.74, 6) is 2.59. The van der Waals surface area contributed by atoms with Crippen LogP contribution in [0.5, 0.6) is 0 Å². The van der Waals surface area contributed by atoms with Crippen LogP contribution in [-0.2, 0) is 0 Å². The fourth-order valence-corrected chi connectivity index (χ4v) is 9.89.